The van der Waals surface area contributed by atoms with E-state index < -0.39 is 4.87 Å². The van der Waals surface area contributed by atoms with Gasteiger partial charge in [0.2, 0.25) is 5.91 Å². The van der Waals surface area contributed by atoms with Gasteiger partial charge in [-0.1, -0.05) is 56.3 Å². The lowest BCUT2D eigenvalue weighted by molar-refractivity contribution is -0.123. The van der Waals surface area contributed by atoms with Crippen molar-refractivity contribution in [2.45, 2.75) is 38.5 Å². The first kappa shape index (κ1) is 20.4. The van der Waals surface area contributed by atoms with E-state index in [1.165, 1.54) is 6.07 Å². The second-order valence-electron chi connectivity index (χ2n) is 7.80. The average molecular weight is 401 g/mol. The fourth-order valence-electron chi connectivity index (χ4n) is 3.69. The molecule has 0 aliphatic carbocycles. The summed E-state index contributed by atoms with van der Waals surface area (Å²) in [5, 5.41) is 6.09. The predicted molar refractivity (Wildman–Crippen MR) is 114 cm³/mol. The molecule has 148 valence electrons. The Labute approximate surface area is 171 Å². The predicted octanol–water partition coefficient (Wildman–Crippen LogP) is 5.36. The van der Waals surface area contributed by atoms with Crippen LogP contribution in [0, 0.1) is 11.7 Å². The number of hydrogen-bond donors (Lipinski definition) is 2. The quantitative estimate of drug-likeness (QED) is 0.640. The molecule has 0 saturated carbocycles. The maximum absolute atomic E-state index is 14.0. The van der Waals surface area contributed by atoms with Gasteiger partial charge in [-0.15, -0.1) is 11.6 Å². The molecule has 5 heteroatoms. The van der Waals surface area contributed by atoms with Crippen LogP contribution in [0.25, 0.3) is 5.57 Å². The van der Waals surface area contributed by atoms with Crippen molar-refractivity contribution in [2.75, 3.05) is 11.9 Å². The summed E-state index contributed by atoms with van der Waals surface area (Å²) in [6, 6.07) is 14.7. The van der Waals surface area contributed by atoms with Crippen LogP contribution in [0.15, 0.2) is 54.2 Å². The summed E-state index contributed by atoms with van der Waals surface area (Å²) < 4.78 is 14.0. The Morgan fingerprint density at radius 2 is 1.93 bits per heavy atom. The number of hydrogen-bond acceptors (Lipinski definition) is 2. The van der Waals surface area contributed by atoms with Gasteiger partial charge in [-0.25, -0.2) is 4.39 Å². The number of rotatable bonds is 6. The third-order valence-electron chi connectivity index (χ3n) is 5.04. The number of amides is 1. The molecule has 1 aliphatic heterocycles. The molecule has 0 fully saturated rings. The van der Waals surface area contributed by atoms with Crippen LogP contribution in [-0.4, -0.2) is 17.3 Å². The van der Waals surface area contributed by atoms with Gasteiger partial charge in [0.15, 0.2) is 0 Å². The van der Waals surface area contributed by atoms with E-state index in [9.17, 15) is 9.18 Å². The molecule has 1 unspecified atom stereocenters. The number of fused-ring (bicyclic) bond motifs is 1. The number of anilines is 1. The fourth-order valence-corrected chi connectivity index (χ4v) is 4.20. The lowest BCUT2D eigenvalue weighted by Crippen LogP contribution is -2.46. The van der Waals surface area contributed by atoms with E-state index in [0.717, 1.165) is 22.4 Å². The normalized spacial score (nSPS) is 15.6. The van der Waals surface area contributed by atoms with E-state index in [2.05, 4.69) is 24.5 Å². The van der Waals surface area contributed by atoms with Crippen molar-refractivity contribution in [1.82, 2.24) is 5.32 Å². The molecule has 3 rings (SSSR count). The Kier molecular flexibility index (Phi) is 6.09. The maximum atomic E-state index is 14.0. The van der Waals surface area contributed by atoms with Gasteiger partial charge >= 0.3 is 0 Å². The van der Waals surface area contributed by atoms with Crippen LogP contribution in [-0.2, 0) is 11.2 Å². The third-order valence-corrected chi connectivity index (χ3v) is 5.50. The van der Waals surface area contributed by atoms with Crippen LogP contribution >= 0.6 is 11.6 Å². The number of carbonyl (C=O) groups excluding carboxylic acids is 1. The Morgan fingerprint density at radius 3 is 2.61 bits per heavy atom. The Balaban J connectivity index is 1.86. The molecule has 1 atom stereocenters. The van der Waals surface area contributed by atoms with Gasteiger partial charge in [-0.3, -0.25) is 4.79 Å². The number of halogens is 2. The van der Waals surface area contributed by atoms with Gasteiger partial charge in [-0.2, -0.15) is 0 Å². The van der Waals surface area contributed by atoms with Crippen molar-refractivity contribution in [1.29, 1.82) is 0 Å². The zero-order valence-electron chi connectivity index (χ0n) is 16.5. The minimum Gasteiger partial charge on any atom is -0.377 e. The Bertz CT molecular complexity index is 895. The van der Waals surface area contributed by atoms with Gasteiger partial charge < -0.3 is 10.6 Å². The van der Waals surface area contributed by atoms with E-state index in [-0.39, 0.29) is 17.6 Å². The molecule has 2 aromatic carbocycles. The molecule has 3 nitrogen and oxygen atoms in total. The van der Waals surface area contributed by atoms with Gasteiger partial charge in [0.05, 0.1) is 12.2 Å². The molecule has 28 heavy (non-hydrogen) atoms. The second-order valence-corrected chi connectivity index (χ2v) is 8.52. The van der Waals surface area contributed by atoms with Crippen molar-refractivity contribution in [3.63, 3.8) is 0 Å². The summed E-state index contributed by atoms with van der Waals surface area (Å²) in [5.74, 6) is -0.248. The molecule has 0 spiro atoms. The lowest BCUT2D eigenvalue weighted by Gasteiger charge is -2.30. The van der Waals surface area contributed by atoms with Crippen LogP contribution in [0.2, 0.25) is 0 Å². The molecule has 0 saturated heterocycles. The number of alkyl halides is 1. The first-order valence-corrected chi connectivity index (χ1v) is 9.95. The monoisotopic (exact) mass is 400 g/mol. The summed E-state index contributed by atoms with van der Waals surface area (Å²) in [5.41, 5.74) is 3.83. The summed E-state index contributed by atoms with van der Waals surface area (Å²) in [7, 11) is 0. The number of allylic oxidation sites excluding steroid dienone is 1. The smallest absolute Gasteiger partial charge is 0.245 e. The van der Waals surface area contributed by atoms with Crippen molar-refractivity contribution in [3.8, 4) is 0 Å². The minimum atomic E-state index is -1.05. The van der Waals surface area contributed by atoms with Crippen LogP contribution in [0.3, 0.4) is 0 Å². The maximum Gasteiger partial charge on any atom is 0.245 e. The highest BCUT2D eigenvalue weighted by atomic mass is 35.5. The zero-order valence-corrected chi connectivity index (χ0v) is 17.2. The molecule has 1 amide bonds. The molecule has 0 aromatic heterocycles. The molecule has 2 N–H and O–H groups in total. The first-order chi connectivity index (χ1) is 13.3. The van der Waals surface area contributed by atoms with Gasteiger partial charge in [0.25, 0.3) is 0 Å². The standard InChI is InChI=1S/C23H26ClFN2O/c1-15(2)12-23(24,13-17-8-5-4-6-9-17)22(28)27-20-14-26-21-18(16(20)3)10-7-11-19(21)25/h4-11,15,26H,12-14H2,1-3H3,(H,27,28). The molecular formula is C23H26ClFN2O. The second kappa shape index (κ2) is 8.36. The van der Waals surface area contributed by atoms with Crippen LogP contribution in [0.1, 0.15) is 38.3 Å². The van der Waals surface area contributed by atoms with Crippen molar-refractivity contribution < 1.29 is 9.18 Å². The van der Waals surface area contributed by atoms with E-state index in [1.54, 1.807) is 6.07 Å². The van der Waals surface area contributed by atoms with Gasteiger partial charge in [-0.05, 0) is 36.5 Å². The van der Waals surface area contributed by atoms with Crippen LogP contribution in [0.4, 0.5) is 10.1 Å². The van der Waals surface area contributed by atoms with Crippen LogP contribution in [0.5, 0.6) is 0 Å². The largest absolute Gasteiger partial charge is 0.377 e. The number of benzene rings is 2. The topological polar surface area (TPSA) is 41.1 Å². The molecule has 1 aliphatic rings. The van der Waals surface area contributed by atoms with Crippen molar-refractivity contribution in [3.05, 3.63) is 71.2 Å². The molecule has 0 bridgehead atoms. The van der Waals surface area contributed by atoms with E-state index in [0.29, 0.717) is 25.1 Å². The summed E-state index contributed by atoms with van der Waals surface area (Å²) in [4.78, 5) is 12.2. The average Bonchev–Trinajstić information content (AvgIpc) is 2.64. The zero-order chi connectivity index (χ0) is 20.3. The first-order valence-electron chi connectivity index (χ1n) is 9.57. The fraction of sp³-hybridized carbons (Fsp3) is 0.348. The Hall–Kier alpha value is -2.33. The highest BCUT2D eigenvalue weighted by Crippen LogP contribution is 2.34. The molecule has 2 aromatic rings. The number of carbonyl (C=O) groups is 1. The minimum absolute atomic E-state index is 0.220. The lowest BCUT2D eigenvalue weighted by atomic mass is 9.89. The summed E-state index contributed by atoms with van der Waals surface area (Å²) in [6.45, 7) is 6.36. The molecular weight excluding hydrogens is 375 g/mol. The van der Waals surface area contributed by atoms with E-state index in [4.69, 9.17) is 11.6 Å². The van der Waals surface area contributed by atoms with Crippen molar-refractivity contribution in [2.24, 2.45) is 5.92 Å². The molecule has 1 heterocycles. The van der Waals surface area contributed by atoms with E-state index in [1.807, 2.05) is 43.3 Å². The number of para-hydroxylation sites is 1. The highest BCUT2D eigenvalue weighted by Gasteiger charge is 2.38. The van der Waals surface area contributed by atoms with Crippen LogP contribution < -0.4 is 10.6 Å². The summed E-state index contributed by atoms with van der Waals surface area (Å²) >= 11 is 6.90. The third kappa shape index (κ3) is 4.39. The highest BCUT2D eigenvalue weighted by molar-refractivity contribution is 6.35. The molecule has 0 radical (unpaired) electrons. The van der Waals surface area contributed by atoms with Crippen molar-refractivity contribution >= 4 is 28.8 Å². The summed E-state index contributed by atoms with van der Waals surface area (Å²) in [6.07, 6.45) is 1.00. The van der Waals surface area contributed by atoms with Gasteiger partial charge in [0.1, 0.15) is 10.7 Å². The van der Waals surface area contributed by atoms with E-state index >= 15 is 0 Å². The Morgan fingerprint density at radius 1 is 1.21 bits per heavy atom. The van der Waals surface area contributed by atoms with Gasteiger partial charge in [0, 0.05) is 17.7 Å². The SMILES string of the molecule is CC1=C(NC(=O)C(Cl)(Cc2ccccc2)CC(C)C)CNc2c(F)cccc21. The number of nitrogens with one attached hydrogen (secondary N) is 2.